The van der Waals surface area contributed by atoms with Crippen LogP contribution in [0.2, 0.25) is 0 Å². The number of ether oxygens (including phenoxy) is 1. The average molecular weight is 230 g/mol. The lowest BCUT2D eigenvalue weighted by atomic mass is 10.1. The van der Waals surface area contributed by atoms with E-state index >= 15 is 0 Å². The van der Waals surface area contributed by atoms with Gasteiger partial charge < -0.3 is 4.74 Å². The van der Waals surface area contributed by atoms with Crippen LogP contribution < -0.4 is 4.74 Å². The zero-order valence-electron chi connectivity index (χ0n) is 9.21. The van der Waals surface area contributed by atoms with Crippen molar-refractivity contribution in [1.29, 1.82) is 0 Å². The maximum atomic E-state index is 11.6. The molecule has 0 amide bonds. The van der Waals surface area contributed by atoms with Gasteiger partial charge in [-0.25, -0.2) is 9.78 Å². The first-order valence-corrected chi connectivity index (χ1v) is 5.07. The van der Waals surface area contributed by atoms with Gasteiger partial charge in [0, 0.05) is 6.42 Å². The molecule has 5 heteroatoms. The molecule has 86 valence electrons. The number of allylic oxidation sites excluding steroid dienone is 2. The predicted molar refractivity (Wildman–Crippen MR) is 59.3 cm³/mol. The molecule has 1 heterocycles. The van der Waals surface area contributed by atoms with Crippen LogP contribution in [-0.2, 0) is 9.59 Å². The van der Waals surface area contributed by atoms with E-state index in [2.05, 4.69) is 9.97 Å². The second kappa shape index (κ2) is 4.69. The minimum absolute atomic E-state index is 0.0309. The van der Waals surface area contributed by atoms with Crippen molar-refractivity contribution < 1.29 is 14.3 Å². The molecule has 0 spiro atoms. The molecule has 1 aliphatic carbocycles. The molecular weight excluding hydrogens is 220 g/mol. The Morgan fingerprint density at radius 1 is 1.29 bits per heavy atom. The average Bonchev–Trinajstić information content (AvgIpc) is 2.33. The molecule has 1 aromatic heterocycles. The molecule has 2 rings (SSSR count). The third kappa shape index (κ3) is 2.84. The molecular formula is C12H10N2O3. The van der Waals surface area contributed by atoms with Gasteiger partial charge in [-0.2, -0.15) is 0 Å². The summed E-state index contributed by atoms with van der Waals surface area (Å²) in [5.41, 5.74) is 1.10. The standard InChI is InChI=1S/C12H10N2O3/c1-8-6-14-11(7-13-8)17-12(16)9-2-4-10(15)5-3-9/h2-4,6-7H,5H2,1H3. The molecule has 0 fully saturated rings. The minimum Gasteiger partial charge on any atom is -0.402 e. The normalized spacial score (nSPS) is 14.4. The van der Waals surface area contributed by atoms with Gasteiger partial charge in [0.2, 0.25) is 5.88 Å². The Labute approximate surface area is 97.8 Å². The highest BCUT2D eigenvalue weighted by atomic mass is 16.5. The van der Waals surface area contributed by atoms with Crippen molar-refractivity contribution in [2.75, 3.05) is 0 Å². The van der Waals surface area contributed by atoms with Crippen molar-refractivity contribution in [3.8, 4) is 5.88 Å². The van der Waals surface area contributed by atoms with Crippen LogP contribution in [0.4, 0.5) is 0 Å². The Morgan fingerprint density at radius 2 is 2.12 bits per heavy atom. The summed E-state index contributed by atoms with van der Waals surface area (Å²) < 4.78 is 5.00. The van der Waals surface area contributed by atoms with Crippen molar-refractivity contribution >= 4 is 11.8 Å². The smallest absolute Gasteiger partial charge is 0.344 e. The van der Waals surface area contributed by atoms with Gasteiger partial charge in [0.1, 0.15) is 0 Å². The van der Waals surface area contributed by atoms with E-state index < -0.39 is 5.97 Å². The quantitative estimate of drug-likeness (QED) is 0.713. The number of hydrogen-bond acceptors (Lipinski definition) is 5. The van der Waals surface area contributed by atoms with Crippen LogP contribution in [-0.4, -0.2) is 21.7 Å². The van der Waals surface area contributed by atoms with E-state index in [0.717, 1.165) is 5.69 Å². The number of aryl methyl sites for hydroxylation is 1. The van der Waals surface area contributed by atoms with Crippen LogP contribution in [0, 0.1) is 6.92 Å². The topological polar surface area (TPSA) is 69.2 Å². The summed E-state index contributed by atoms with van der Waals surface area (Å²) in [4.78, 5) is 30.4. The van der Waals surface area contributed by atoms with Crippen molar-refractivity contribution in [1.82, 2.24) is 9.97 Å². The Balaban J connectivity index is 2.05. The highest BCUT2D eigenvalue weighted by Crippen LogP contribution is 2.11. The number of rotatable bonds is 2. The molecule has 17 heavy (non-hydrogen) atoms. The van der Waals surface area contributed by atoms with Gasteiger partial charge in [-0.15, -0.1) is 0 Å². The first kappa shape index (κ1) is 11.2. The predicted octanol–water partition coefficient (Wildman–Crippen LogP) is 1.15. The van der Waals surface area contributed by atoms with E-state index in [-0.39, 0.29) is 18.1 Å². The van der Waals surface area contributed by atoms with E-state index in [9.17, 15) is 9.59 Å². The molecule has 0 unspecified atom stereocenters. The molecule has 0 aliphatic heterocycles. The molecule has 0 N–H and O–H groups in total. The molecule has 0 atom stereocenters. The van der Waals surface area contributed by atoms with Crippen molar-refractivity contribution in [2.45, 2.75) is 13.3 Å². The highest BCUT2D eigenvalue weighted by molar-refractivity contribution is 6.00. The lowest BCUT2D eigenvalue weighted by molar-refractivity contribution is -0.130. The zero-order chi connectivity index (χ0) is 12.3. The highest BCUT2D eigenvalue weighted by Gasteiger charge is 2.14. The van der Waals surface area contributed by atoms with E-state index in [1.165, 1.54) is 30.6 Å². The number of ketones is 1. The van der Waals surface area contributed by atoms with E-state index in [1.807, 2.05) is 0 Å². The number of carbonyl (C=O) groups is 2. The first-order valence-electron chi connectivity index (χ1n) is 5.07. The number of hydrogen-bond donors (Lipinski definition) is 0. The fourth-order valence-corrected chi connectivity index (χ4v) is 1.27. The molecule has 1 aliphatic rings. The fraction of sp³-hybridized carbons (Fsp3) is 0.167. The summed E-state index contributed by atoms with van der Waals surface area (Å²) >= 11 is 0. The van der Waals surface area contributed by atoms with Gasteiger partial charge >= 0.3 is 5.97 Å². The van der Waals surface area contributed by atoms with Crippen molar-refractivity contribution in [3.05, 3.63) is 41.9 Å². The minimum atomic E-state index is -0.535. The molecule has 0 saturated carbocycles. The number of carbonyl (C=O) groups excluding carboxylic acids is 2. The summed E-state index contributed by atoms with van der Waals surface area (Å²) in [7, 11) is 0. The Bertz CT molecular complexity index is 515. The summed E-state index contributed by atoms with van der Waals surface area (Å²) in [6.45, 7) is 1.79. The van der Waals surface area contributed by atoms with E-state index in [0.29, 0.717) is 5.57 Å². The Hall–Kier alpha value is -2.30. The largest absolute Gasteiger partial charge is 0.402 e. The van der Waals surface area contributed by atoms with Crippen LogP contribution in [0.5, 0.6) is 5.88 Å². The van der Waals surface area contributed by atoms with Crippen LogP contribution in [0.25, 0.3) is 0 Å². The number of nitrogens with zero attached hydrogens (tertiary/aromatic N) is 2. The maximum Gasteiger partial charge on any atom is 0.344 e. The molecule has 0 saturated heterocycles. The lowest BCUT2D eigenvalue weighted by Gasteiger charge is -2.06. The molecule has 5 nitrogen and oxygen atoms in total. The maximum absolute atomic E-state index is 11.6. The summed E-state index contributed by atoms with van der Waals surface area (Å²) in [6.07, 6.45) is 7.45. The molecule has 0 radical (unpaired) electrons. The molecule has 0 bridgehead atoms. The third-order valence-electron chi connectivity index (χ3n) is 2.16. The second-order valence-corrected chi connectivity index (χ2v) is 3.55. The first-order chi connectivity index (χ1) is 8.15. The van der Waals surface area contributed by atoms with Gasteiger partial charge in [-0.1, -0.05) is 6.08 Å². The third-order valence-corrected chi connectivity index (χ3v) is 2.16. The summed E-state index contributed by atoms with van der Waals surface area (Å²) in [6, 6.07) is 0. The fourth-order valence-electron chi connectivity index (χ4n) is 1.27. The van der Waals surface area contributed by atoms with E-state index in [1.54, 1.807) is 6.92 Å². The summed E-state index contributed by atoms with van der Waals surface area (Å²) in [5, 5.41) is 0. The van der Waals surface area contributed by atoms with Crippen LogP contribution >= 0.6 is 0 Å². The van der Waals surface area contributed by atoms with Gasteiger partial charge in [0.25, 0.3) is 0 Å². The van der Waals surface area contributed by atoms with Gasteiger partial charge in [-0.3, -0.25) is 9.78 Å². The lowest BCUT2D eigenvalue weighted by Crippen LogP contribution is -2.13. The van der Waals surface area contributed by atoms with Gasteiger partial charge in [-0.05, 0) is 19.1 Å². The summed E-state index contributed by atoms with van der Waals surface area (Å²) in [5.74, 6) is -0.421. The SMILES string of the molecule is Cc1cnc(OC(=O)C2=CCC(=O)C=C2)cn1. The number of aromatic nitrogens is 2. The zero-order valence-corrected chi connectivity index (χ0v) is 9.21. The van der Waals surface area contributed by atoms with Crippen molar-refractivity contribution in [3.63, 3.8) is 0 Å². The van der Waals surface area contributed by atoms with Gasteiger partial charge in [0.15, 0.2) is 5.78 Å². The second-order valence-electron chi connectivity index (χ2n) is 3.55. The monoisotopic (exact) mass is 230 g/mol. The van der Waals surface area contributed by atoms with Crippen LogP contribution in [0.15, 0.2) is 36.2 Å². The number of esters is 1. The van der Waals surface area contributed by atoms with Crippen LogP contribution in [0.1, 0.15) is 12.1 Å². The van der Waals surface area contributed by atoms with Crippen molar-refractivity contribution in [2.24, 2.45) is 0 Å². The molecule has 0 aromatic carbocycles. The molecule has 1 aromatic rings. The Morgan fingerprint density at radius 3 is 2.71 bits per heavy atom. The Kier molecular flexibility index (Phi) is 3.09. The van der Waals surface area contributed by atoms with E-state index in [4.69, 9.17) is 4.74 Å². The van der Waals surface area contributed by atoms with Crippen LogP contribution in [0.3, 0.4) is 0 Å². The van der Waals surface area contributed by atoms with Gasteiger partial charge in [0.05, 0.1) is 23.7 Å².